The van der Waals surface area contributed by atoms with Gasteiger partial charge in [-0.05, 0) is 34.5 Å². The van der Waals surface area contributed by atoms with Gasteiger partial charge in [0.1, 0.15) is 5.75 Å². The molecule has 1 aliphatic rings. The molecule has 33 heavy (non-hydrogen) atoms. The van der Waals surface area contributed by atoms with Crippen LogP contribution in [0.15, 0.2) is 73.2 Å². The van der Waals surface area contributed by atoms with Gasteiger partial charge in [0.15, 0.2) is 0 Å². The van der Waals surface area contributed by atoms with Gasteiger partial charge in [-0.3, -0.25) is 9.10 Å². The average molecular weight is 462 g/mol. The molecule has 8 nitrogen and oxygen atoms in total. The lowest BCUT2D eigenvalue weighted by Crippen LogP contribution is -2.38. The number of nitrogens with zero attached hydrogens (tertiary/aromatic N) is 3. The molecule has 0 saturated carbocycles. The van der Waals surface area contributed by atoms with Crippen molar-refractivity contribution in [3.8, 4) is 0 Å². The largest absolute Gasteiger partial charge is 0.399 e. The normalized spacial score (nSPS) is 14.2. The van der Waals surface area contributed by atoms with Crippen LogP contribution in [-0.2, 0) is 22.3 Å². The van der Waals surface area contributed by atoms with Crippen LogP contribution in [0.25, 0.3) is 10.8 Å². The summed E-state index contributed by atoms with van der Waals surface area (Å²) in [6.07, 6.45) is 2.94. The molecule has 5 rings (SSSR count). The maximum Gasteiger partial charge on any atom is 0.254 e. The molecular weight excluding hydrogens is 438 g/mol. The molecule has 0 unspecified atom stereocenters. The molecule has 0 fully saturated rings. The van der Waals surface area contributed by atoms with Crippen molar-refractivity contribution in [3.63, 3.8) is 0 Å². The Bertz CT molecular complexity index is 1430. The first kappa shape index (κ1) is 21.0. The van der Waals surface area contributed by atoms with Crippen molar-refractivity contribution in [1.82, 2.24) is 14.9 Å². The van der Waals surface area contributed by atoms with Gasteiger partial charge < -0.3 is 15.6 Å². The number of aromatic amines is 1. The zero-order chi connectivity index (χ0) is 23.0. The van der Waals surface area contributed by atoms with Crippen molar-refractivity contribution < 1.29 is 13.2 Å². The van der Waals surface area contributed by atoms with Crippen LogP contribution < -0.4 is 10.0 Å². The van der Waals surface area contributed by atoms with Gasteiger partial charge in [-0.1, -0.05) is 42.5 Å². The van der Waals surface area contributed by atoms with E-state index < -0.39 is 10.0 Å². The van der Waals surface area contributed by atoms with Gasteiger partial charge in [-0.15, -0.1) is 0 Å². The van der Waals surface area contributed by atoms with Crippen LogP contribution in [-0.4, -0.2) is 42.3 Å². The number of fused-ring (bicyclic) bond motifs is 2. The van der Waals surface area contributed by atoms with Crippen molar-refractivity contribution in [2.45, 2.75) is 12.3 Å². The van der Waals surface area contributed by atoms with E-state index in [4.69, 9.17) is 5.73 Å². The molecular formula is C24H23N5O3S. The molecule has 1 amide bonds. The SMILES string of the molecule is Nc1ccc2c(c1)N(S(=O)(=O)Cc1cnc[nH]1)CCN(C(=O)c1cccc3ccccc13)C2. The number of benzene rings is 3. The number of nitrogens with two attached hydrogens (primary N) is 1. The molecule has 0 atom stereocenters. The molecule has 0 saturated heterocycles. The van der Waals surface area contributed by atoms with E-state index in [0.717, 1.165) is 16.3 Å². The summed E-state index contributed by atoms with van der Waals surface area (Å²) >= 11 is 0. The molecule has 4 aromatic rings. The number of carbonyl (C=O) groups excluding carboxylic acids is 1. The van der Waals surface area contributed by atoms with E-state index in [2.05, 4.69) is 9.97 Å². The number of H-pyrrole nitrogens is 1. The standard InChI is InChI=1S/C24H23N5O3S/c25-19-9-8-18-14-28(24(30)22-7-3-5-17-4-1-2-6-21(17)22)10-11-29(23(18)12-19)33(31,32)15-20-13-26-16-27-20/h1-9,12-13,16H,10-11,14-15,25H2,(H,26,27). The van der Waals surface area contributed by atoms with E-state index in [9.17, 15) is 13.2 Å². The van der Waals surface area contributed by atoms with Crippen LogP contribution in [0.1, 0.15) is 21.6 Å². The second-order valence-corrected chi connectivity index (χ2v) is 9.94. The molecule has 3 aromatic carbocycles. The monoisotopic (exact) mass is 461 g/mol. The predicted molar refractivity (Wildman–Crippen MR) is 128 cm³/mol. The van der Waals surface area contributed by atoms with Crippen LogP contribution in [0.3, 0.4) is 0 Å². The molecule has 168 valence electrons. The molecule has 0 radical (unpaired) electrons. The smallest absolute Gasteiger partial charge is 0.254 e. The van der Waals surface area contributed by atoms with Gasteiger partial charge in [0.25, 0.3) is 5.91 Å². The summed E-state index contributed by atoms with van der Waals surface area (Å²) in [6.45, 7) is 0.663. The number of nitrogen functional groups attached to an aromatic ring is 1. The van der Waals surface area contributed by atoms with Crippen molar-refractivity contribution in [1.29, 1.82) is 0 Å². The van der Waals surface area contributed by atoms with Gasteiger partial charge >= 0.3 is 0 Å². The average Bonchev–Trinajstić information content (AvgIpc) is 3.22. The molecule has 3 N–H and O–H groups in total. The van der Waals surface area contributed by atoms with Crippen molar-refractivity contribution in [2.75, 3.05) is 23.1 Å². The van der Waals surface area contributed by atoms with Gasteiger partial charge in [-0.25, -0.2) is 13.4 Å². The fourth-order valence-electron chi connectivity index (χ4n) is 4.25. The van der Waals surface area contributed by atoms with Crippen LogP contribution in [0.2, 0.25) is 0 Å². The van der Waals surface area contributed by atoms with Gasteiger partial charge in [0, 0.05) is 30.5 Å². The minimum Gasteiger partial charge on any atom is -0.399 e. The number of imidazole rings is 1. The van der Waals surface area contributed by atoms with Crippen LogP contribution >= 0.6 is 0 Å². The highest BCUT2D eigenvalue weighted by Crippen LogP contribution is 2.31. The number of nitrogens with one attached hydrogen (secondary N) is 1. The van der Waals surface area contributed by atoms with Crippen LogP contribution in [0.5, 0.6) is 0 Å². The maximum atomic E-state index is 13.6. The molecule has 9 heteroatoms. The minimum atomic E-state index is -3.74. The lowest BCUT2D eigenvalue weighted by molar-refractivity contribution is 0.0754. The number of sulfonamides is 1. The Hall–Kier alpha value is -3.85. The highest BCUT2D eigenvalue weighted by molar-refractivity contribution is 7.92. The first-order valence-corrected chi connectivity index (χ1v) is 12.2. The summed E-state index contributed by atoms with van der Waals surface area (Å²) in [4.78, 5) is 22.0. The number of hydrogen-bond acceptors (Lipinski definition) is 5. The topological polar surface area (TPSA) is 112 Å². The van der Waals surface area contributed by atoms with E-state index in [1.807, 2.05) is 42.5 Å². The molecule has 1 aliphatic heterocycles. The minimum absolute atomic E-state index is 0.128. The number of aromatic nitrogens is 2. The Morgan fingerprint density at radius 1 is 1.06 bits per heavy atom. The second kappa shape index (κ2) is 8.25. The van der Waals surface area contributed by atoms with Crippen molar-refractivity contribution in [2.24, 2.45) is 0 Å². The zero-order valence-electron chi connectivity index (χ0n) is 17.8. The van der Waals surface area contributed by atoms with E-state index in [-0.39, 0.29) is 31.3 Å². The Morgan fingerprint density at radius 3 is 2.70 bits per heavy atom. The van der Waals surface area contributed by atoms with E-state index in [0.29, 0.717) is 22.6 Å². The Labute approximate surface area is 191 Å². The van der Waals surface area contributed by atoms with Crippen molar-refractivity contribution >= 4 is 38.1 Å². The fourth-order valence-corrected chi connectivity index (χ4v) is 5.78. The predicted octanol–water partition coefficient (Wildman–Crippen LogP) is 3.14. The lowest BCUT2D eigenvalue weighted by atomic mass is 10.0. The Morgan fingerprint density at radius 2 is 1.88 bits per heavy atom. The van der Waals surface area contributed by atoms with Crippen molar-refractivity contribution in [3.05, 3.63) is 90.0 Å². The summed E-state index contributed by atoms with van der Waals surface area (Å²) in [6, 6.07) is 18.6. The Balaban J connectivity index is 1.52. The highest BCUT2D eigenvalue weighted by Gasteiger charge is 2.31. The van der Waals surface area contributed by atoms with Crippen LogP contribution in [0.4, 0.5) is 11.4 Å². The fraction of sp³-hybridized carbons (Fsp3) is 0.167. The number of anilines is 2. The third-order valence-corrected chi connectivity index (χ3v) is 7.57. The molecule has 0 aliphatic carbocycles. The van der Waals surface area contributed by atoms with Gasteiger partial charge in [0.2, 0.25) is 10.0 Å². The number of amides is 1. The van der Waals surface area contributed by atoms with E-state index in [1.165, 1.54) is 16.8 Å². The number of carbonyl (C=O) groups is 1. The number of hydrogen-bond donors (Lipinski definition) is 2. The van der Waals surface area contributed by atoms with E-state index in [1.54, 1.807) is 23.1 Å². The quantitative estimate of drug-likeness (QED) is 0.454. The maximum absolute atomic E-state index is 13.6. The summed E-state index contributed by atoms with van der Waals surface area (Å²) in [5, 5.41) is 1.85. The lowest BCUT2D eigenvalue weighted by Gasteiger charge is -2.24. The third-order valence-electron chi connectivity index (χ3n) is 5.85. The summed E-state index contributed by atoms with van der Waals surface area (Å²) in [5.41, 5.74) is 8.78. The third kappa shape index (κ3) is 4.03. The Kier molecular flexibility index (Phi) is 5.26. The summed E-state index contributed by atoms with van der Waals surface area (Å²) in [7, 11) is -3.74. The first-order valence-electron chi connectivity index (χ1n) is 10.6. The first-order chi connectivity index (χ1) is 15.9. The molecule has 0 spiro atoms. The summed E-state index contributed by atoms with van der Waals surface area (Å²) < 4.78 is 28.0. The van der Waals surface area contributed by atoms with Crippen LogP contribution in [0, 0.1) is 0 Å². The molecule has 2 heterocycles. The number of rotatable bonds is 4. The highest BCUT2D eigenvalue weighted by atomic mass is 32.2. The second-order valence-electron chi connectivity index (χ2n) is 8.05. The van der Waals surface area contributed by atoms with Gasteiger partial charge in [-0.2, -0.15) is 0 Å². The van der Waals surface area contributed by atoms with Gasteiger partial charge in [0.05, 0.1) is 24.3 Å². The van der Waals surface area contributed by atoms with E-state index >= 15 is 0 Å². The summed E-state index contributed by atoms with van der Waals surface area (Å²) in [5.74, 6) is -0.360. The molecule has 0 bridgehead atoms. The zero-order valence-corrected chi connectivity index (χ0v) is 18.6. The molecule has 1 aromatic heterocycles.